The molecule has 102 valence electrons. The Balaban J connectivity index is 2.01. The van der Waals surface area contributed by atoms with Crippen LogP contribution in [0.4, 0.5) is 10.2 Å². The van der Waals surface area contributed by atoms with Crippen molar-refractivity contribution in [3.63, 3.8) is 0 Å². The number of nitrogens with one attached hydrogen (secondary N) is 1. The molecule has 0 saturated heterocycles. The summed E-state index contributed by atoms with van der Waals surface area (Å²) in [6.45, 7) is 3.00. The van der Waals surface area contributed by atoms with E-state index in [0.29, 0.717) is 23.6 Å². The Labute approximate surface area is 114 Å². The maximum atomic E-state index is 13.7. The maximum absolute atomic E-state index is 13.7. The van der Waals surface area contributed by atoms with Crippen molar-refractivity contribution in [3.8, 4) is 0 Å². The average molecular weight is 272 g/mol. The molecule has 0 aliphatic heterocycles. The number of fused-ring (bicyclic) bond motifs is 1. The minimum absolute atomic E-state index is 0.259. The molecular formula is C13H13FN6. The molecule has 2 heterocycles. The highest BCUT2D eigenvalue weighted by Crippen LogP contribution is 2.19. The van der Waals surface area contributed by atoms with Crippen molar-refractivity contribution < 1.29 is 4.39 Å². The fourth-order valence-electron chi connectivity index (χ4n) is 2.02. The van der Waals surface area contributed by atoms with Crippen LogP contribution in [0.3, 0.4) is 0 Å². The zero-order valence-electron chi connectivity index (χ0n) is 10.9. The molecule has 2 aromatic heterocycles. The van der Waals surface area contributed by atoms with E-state index in [2.05, 4.69) is 25.8 Å². The van der Waals surface area contributed by atoms with Gasteiger partial charge in [0.05, 0.1) is 18.1 Å². The van der Waals surface area contributed by atoms with Crippen molar-refractivity contribution in [3.05, 3.63) is 41.8 Å². The maximum Gasteiger partial charge on any atom is 0.186 e. The molecule has 0 unspecified atom stereocenters. The van der Waals surface area contributed by atoms with E-state index >= 15 is 0 Å². The Morgan fingerprint density at radius 1 is 1.25 bits per heavy atom. The monoisotopic (exact) mass is 272 g/mol. The number of benzene rings is 1. The van der Waals surface area contributed by atoms with Crippen molar-refractivity contribution in [2.75, 3.05) is 11.9 Å². The molecule has 0 aliphatic rings. The van der Waals surface area contributed by atoms with Gasteiger partial charge in [0.2, 0.25) is 0 Å². The first-order valence-corrected chi connectivity index (χ1v) is 6.31. The fourth-order valence-corrected chi connectivity index (χ4v) is 2.02. The zero-order chi connectivity index (χ0) is 13.9. The summed E-state index contributed by atoms with van der Waals surface area (Å²) in [6.07, 6.45) is 1.66. The molecule has 0 spiro atoms. The smallest absolute Gasteiger partial charge is 0.186 e. The molecule has 0 amide bonds. The normalized spacial score (nSPS) is 10.9. The first-order valence-electron chi connectivity index (χ1n) is 6.31. The van der Waals surface area contributed by atoms with Gasteiger partial charge in [0.15, 0.2) is 11.5 Å². The lowest BCUT2D eigenvalue weighted by Gasteiger charge is -2.05. The highest BCUT2D eigenvalue weighted by atomic mass is 19.1. The highest BCUT2D eigenvalue weighted by molar-refractivity contribution is 5.85. The summed E-state index contributed by atoms with van der Waals surface area (Å²) in [4.78, 5) is 0. The van der Waals surface area contributed by atoms with Crippen LogP contribution < -0.4 is 5.32 Å². The van der Waals surface area contributed by atoms with Gasteiger partial charge in [-0.2, -0.15) is 5.10 Å². The molecule has 1 aromatic carbocycles. The predicted octanol–water partition coefficient (Wildman–Crippen LogP) is 1.84. The van der Waals surface area contributed by atoms with Crippen LogP contribution in [-0.2, 0) is 6.54 Å². The van der Waals surface area contributed by atoms with Crippen molar-refractivity contribution in [1.29, 1.82) is 0 Å². The molecular weight excluding hydrogens is 259 g/mol. The third kappa shape index (κ3) is 2.18. The number of rotatable bonds is 4. The van der Waals surface area contributed by atoms with Gasteiger partial charge in [-0.05, 0) is 18.2 Å². The van der Waals surface area contributed by atoms with E-state index in [0.717, 1.165) is 11.9 Å². The van der Waals surface area contributed by atoms with E-state index in [1.807, 2.05) is 6.92 Å². The Morgan fingerprint density at radius 3 is 2.90 bits per heavy atom. The molecule has 0 radical (unpaired) electrons. The second-order valence-electron chi connectivity index (χ2n) is 4.30. The van der Waals surface area contributed by atoms with Crippen LogP contribution in [0.15, 0.2) is 30.5 Å². The lowest BCUT2D eigenvalue weighted by atomic mass is 10.2. The van der Waals surface area contributed by atoms with Gasteiger partial charge in [-0.25, -0.2) is 9.07 Å². The van der Waals surface area contributed by atoms with Gasteiger partial charge in [-0.15, -0.1) is 10.2 Å². The average Bonchev–Trinajstić information content (AvgIpc) is 2.86. The summed E-state index contributed by atoms with van der Waals surface area (Å²) in [6, 6.07) is 6.61. The fraction of sp³-hybridized carbons (Fsp3) is 0.231. The molecule has 0 saturated carbocycles. The van der Waals surface area contributed by atoms with E-state index in [-0.39, 0.29) is 5.82 Å². The highest BCUT2D eigenvalue weighted by Gasteiger charge is 2.11. The molecule has 3 aromatic rings. The third-order valence-corrected chi connectivity index (χ3v) is 2.97. The van der Waals surface area contributed by atoms with Gasteiger partial charge in [0.25, 0.3) is 0 Å². The summed E-state index contributed by atoms with van der Waals surface area (Å²) in [5, 5.41) is 19.7. The van der Waals surface area contributed by atoms with Crippen LogP contribution in [0.5, 0.6) is 0 Å². The molecule has 6 nitrogen and oxygen atoms in total. The Bertz CT molecular complexity index is 739. The second kappa shape index (κ2) is 5.20. The van der Waals surface area contributed by atoms with Crippen LogP contribution in [0.1, 0.15) is 12.5 Å². The third-order valence-electron chi connectivity index (χ3n) is 2.97. The minimum atomic E-state index is -0.259. The molecule has 20 heavy (non-hydrogen) atoms. The first kappa shape index (κ1) is 12.5. The number of hydrogen-bond acceptors (Lipinski definition) is 5. The number of nitrogens with zero attached hydrogens (tertiary/aromatic N) is 5. The molecule has 0 atom stereocenters. The van der Waals surface area contributed by atoms with Crippen molar-refractivity contribution in [2.45, 2.75) is 13.5 Å². The van der Waals surface area contributed by atoms with Gasteiger partial charge in [0.1, 0.15) is 5.82 Å². The van der Waals surface area contributed by atoms with Crippen LogP contribution in [0, 0.1) is 5.82 Å². The molecule has 3 rings (SSSR count). The quantitative estimate of drug-likeness (QED) is 0.785. The van der Waals surface area contributed by atoms with Gasteiger partial charge in [-0.1, -0.05) is 18.2 Å². The van der Waals surface area contributed by atoms with Gasteiger partial charge < -0.3 is 5.32 Å². The zero-order valence-corrected chi connectivity index (χ0v) is 10.9. The molecule has 0 fully saturated rings. The number of aromatic nitrogens is 5. The van der Waals surface area contributed by atoms with E-state index in [1.54, 1.807) is 29.1 Å². The van der Waals surface area contributed by atoms with Crippen LogP contribution in [0.2, 0.25) is 0 Å². The number of hydrogen-bond donors (Lipinski definition) is 1. The van der Waals surface area contributed by atoms with Gasteiger partial charge >= 0.3 is 0 Å². The van der Waals surface area contributed by atoms with Crippen molar-refractivity contribution in [1.82, 2.24) is 25.2 Å². The van der Waals surface area contributed by atoms with Crippen LogP contribution in [0.25, 0.3) is 11.0 Å². The standard InChI is InChI=1S/C13H13FN6/c1-2-15-12-10-7-16-20(13(10)18-19-17-12)8-9-5-3-4-6-11(9)14/h3-7H,2,8H2,1H3,(H,15,17,18). The molecule has 1 N–H and O–H groups in total. The molecule has 0 bridgehead atoms. The van der Waals surface area contributed by atoms with Gasteiger partial charge in [-0.3, -0.25) is 0 Å². The van der Waals surface area contributed by atoms with Crippen LogP contribution >= 0.6 is 0 Å². The van der Waals surface area contributed by atoms with Crippen molar-refractivity contribution >= 4 is 16.9 Å². The van der Waals surface area contributed by atoms with E-state index in [1.165, 1.54) is 6.07 Å². The number of halogens is 1. The summed E-state index contributed by atoms with van der Waals surface area (Å²) >= 11 is 0. The largest absolute Gasteiger partial charge is 0.368 e. The first-order chi connectivity index (χ1) is 9.79. The van der Waals surface area contributed by atoms with Gasteiger partial charge in [0, 0.05) is 12.1 Å². The van der Waals surface area contributed by atoms with E-state index < -0.39 is 0 Å². The molecule has 0 aliphatic carbocycles. The summed E-state index contributed by atoms with van der Waals surface area (Å²) < 4.78 is 15.3. The SMILES string of the molecule is CCNc1nnnc2c1cnn2Cc1ccccc1F. The van der Waals surface area contributed by atoms with Crippen molar-refractivity contribution in [2.24, 2.45) is 0 Å². The molecule has 7 heteroatoms. The Morgan fingerprint density at radius 2 is 2.10 bits per heavy atom. The number of anilines is 1. The summed E-state index contributed by atoms with van der Waals surface area (Å²) in [5.41, 5.74) is 1.14. The summed E-state index contributed by atoms with van der Waals surface area (Å²) in [5.74, 6) is 0.377. The second-order valence-corrected chi connectivity index (χ2v) is 4.30. The Hall–Kier alpha value is -2.57. The lowest BCUT2D eigenvalue weighted by molar-refractivity contribution is 0.588. The Kier molecular flexibility index (Phi) is 3.24. The van der Waals surface area contributed by atoms with Crippen LogP contribution in [-0.4, -0.2) is 31.7 Å². The minimum Gasteiger partial charge on any atom is -0.368 e. The lowest BCUT2D eigenvalue weighted by Crippen LogP contribution is -2.07. The van der Waals surface area contributed by atoms with E-state index in [9.17, 15) is 4.39 Å². The topological polar surface area (TPSA) is 68.5 Å². The van der Waals surface area contributed by atoms with E-state index in [4.69, 9.17) is 0 Å². The summed E-state index contributed by atoms with van der Waals surface area (Å²) in [7, 11) is 0. The predicted molar refractivity (Wildman–Crippen MR) is 72.8 cm³/mol.